The Morgan fingerprint density at radius 2 is 1.92 bits per heavy atom. The molecular weight excluding hydrogens is 484 g/mol. The molecule has 0 aliphatic carbocycles. The zero-order valence-corrected chi connectivity index (χ0v) is 21.8. The van der Waals surface area contributed by atoms with E-state index in [1.165, 1.54) is 11.3 Å². The molecular formula is C24H32N6O5S. The molecule has 0 saturated heterocycles. The number of methoxy groups -OCH3 is 1. The van der Waals surface area contributed by atoms with Crippen molar-refractivity contribution < 1.29 is 23.8 Å². The standard InChI is InChI=1S/C24H32N6O5S/c1-5-20(33-4)23-28-29-24(36-23)27-22(32)17-7-8-19-18(15-17)26-16(3)30(19)10-12-35-14-13-34-11-9-25-21(31)6-2/h5,7-8,15H,6,9-14H2,1-4H3,(H,25,31)(H,27,29,32)/b20-5-. The second-order valence-electron chi connectivity index (χ2n) is 7.67. The first-order valence-corrected chi connectivity index (χ1v) is 12.5. The Kier molecular flexibility index (Phi) is 10.3. The van der Waals surface area contributed by atoms with Crippen molar-refractivity contribution in [2.24, 2.45) is 0 Å². The van der Waals surface area contributed by atoms with E-state index in [1.807, 2.05) is 26.8 Å². The lowest BCUT2D eigenvalue weighted by molar-refractivity contribution is -0.121. The van der Waals surface area contributed by atoms with Gasteiger partial charge in [0.25, 0.3) is 5.91 Å². The second kappa shape index (κ2) is 13.7. The van der Waals surface area contributed by atoms with Crippen molar-refractivity contribution >= 4 is 45.1 Å². The van der Waals surface area contributed by atoms with E-state index in [9.17, 15) is 9.59 Å². The van der Waals surface area contributed by atoms with E-state index in [2.05, 4.69) is 30.4 Å². The normalized spacial score (nSPS) is 11.6. The Morgan fingerprint density at radius 3 is 2.64 bits per heavy atom. The van der Waals surface area contributed by atoms with Gasteiger partial charge in [0.05, 0.1) is 44.6 Å². The van der Waals surface area contributed by atoms with Crippen LogP contribution in [0.5, 0.6) is 0 Å². The number of aromatic nitrogens is 4. The average molecular weight is 517 g/mol. The summed E-state index contributed by atoms with van der Waals surface area (Å²) in [5, 5.41) is 14.6. The van der Waals surface area contributed by atoms with Crippen LogP contribution in [0.25, 0.3) is 16.8 Å². The van der Waals surface area contributed by atoms with Crippen LogP contribution >= 0.6 is 11.3 Å². The summed E-state index contributed by atoms with van der Waals surface area (Å²) in [6, 6.07) is 5.40. The van der Waals surface area contributed by atoms with Gasteiger partial charge in [-0.05, 0) is 38.1 Å². The Bertz CT molecular complexity index is 1210. The lowest BCUT2D eigenvalue weighted by Gasteiger charge is -2.09. The summed E-state index contributed by atoms with van der Waals surface area (Å²) in [5.41, 5.74) is 2.13. The van der Waals surface area contributed by atoms with Crippen LogP contribution in [-0.4, -0.2) is 71.6 Å². The summed E-state index contributed by atoms with van der Waals surface area (Å²) in [4.78, 5) is 28.5. The summed E-state index contributed by atoms with van der Waals surface area (Å²) in [7, 11) is 1.56. The maximum absolute atomic E-state index is 12.7. The quantitative estimate of drug-likeness (QED) is 0.247. The van der Waals surface area contributed by atoms with Gasteiger partial charge in [-0.1, -0.05) is 18.3 Å². The molecule has 12 heteroatoms. The van der Waals surface area contributed by atoms with Gasteiger partial charge in [0.15, 0.2) is 10.8 Å². The van der Waals surface area contributed by atoms with Gasteiger partial charge in [0.2, 0.25) is 11.0 Å². The van der Waals surface area contributed by atoms with Gasteiger partial charge in [0, 0.05) is 25.1 Å². The zero-order chi connectivity index (χ0) is 25.9. The SMILES string of the molecule is C/C=C(\OC)c1nnc(NC(=O)c2ccc3c(c2)nc(C)n3CCOCCOCCNC(=O)CC)s1. The third kappa shape index (κ3) is 7.33. The van der Waals surface area contributed by atoms with Crippen LogP contribution in [0.1, 0.15) is 41.5 Å². The number of carbonyl (C=O) groups excluding carboxylic acids is 2. The van der Waals surface area contributed by atoms with E-state index in [4.69, 9.17) is 14.2 Å². The number of benzene rings is 1. The van der Waals surface area contributed by atoms with Crippen molar-refractivity contribution in [3.8, 4) is 0 Å². The van der Waals surface area contributed by atoms with Crippen molar-refractivity contribution in [2.45, 2.75) is 33.7 Å². The fourth-order valence-corrected chi connectivity index (χ4v) is 4.20. The molecule has 0 fully saturated rings. The van der Waals surface area contributed by atoms with Crippen molar-refractivity contribution in [1.29, 1.82) is 0 Å². The first kappa shape index (κ1) is 27.2. The Balaban J connectivity index is 1.49. The highest BCUT2D eigenvalue weighted by Gasteiger charge is 2.15. The Labute approximate surface area is 213 Å². The van der Waals surface area contributed by atoms with Gasteiger partial charge >= 0.3 is 0 Å². The number of ether oxygens (including phenoxy) is 3. The molecule has 0 radical (unpaired) electrons. The van der Waals surface area contributed by atoms with Gasteiger partial charge in [0.1, 0.15) is 5.82 Å². The molecule has 0 unspecified atom stereocenters. The summed E-state index contributed by atoms with van der Waals surface area (Å²) < 4.78 is 18.4. The smallest absolute Gasteiger partial charge is 0.257 e. The van der Waals surface area contributed by atoms with Crippen LogP contribution in [0.2, 0.25) is 0 Å². The molecule has 0 spiro atoms. The van der Waals surface area contributed by atoms with E-state index in [-0.39, 0.29) is 11.8 Å². The fraction of sp³-hybridized carbons (Fsp3) is 0.458. The van der Waals surface area contributed by atoms with Crippen molar-refractivity contribution in [1.82, 2.24) is 25.1 Å². The number of nitrogens with zero attached hydrogens (tertiary/aromatic N) is 4. The minimum absolute atomic E-state index is 0.0158. The second-order valence-corrected chi connectivity index (χ2v) is 8.64. The molecule has 0 bridgehead atoms. The first-order valence-electron chi connectivity index (χ1n) is 11.7. The molecule has 3 rings (SSSR count). The number of fused-ring (bicyclic) bond motifs is 1. The van der Waals surface area contributed by atoms with Crippen LogP contribution in [0.3, 0.4) is 0 Å². The van der Waals surface area contributed by atoms with Crippen LogP contribution in [0, 0.1) is 6.92 Å². The predicted octanol–water partition coefficient (Wildman–Crippen LogP) is 3.02. The predicted molar refractivity (Wildman–Crippen MR) is 138 cm³/mol. The van der Waals surface area contributed by atoms with E-state index in [1.54, 1.807) is 25.3 Å². The summed E-state index contributed by atoms with van der Waals surface area (Å²) in [6.45, 7) is 8.58. The van der Waals surface area contributed by atoms with Crippen LogP contribution in [0.15, 0.2) is 24.3 Å². The number of hydrogen-bond donors (Lipinski definition) is 2. The molecule has 2 heterocycles. The summed E-state index contributed by atoms with van der Waals surface area (Å²) in [5.74, 6) is 1.16. The highest BCUT2D eigenvalue weighted by atomic mass is 32.1. The van der Waals surface area contributed by atoms with Crippen molar-refractivity contribution in [3.05, 3.63) is 40.7 Å². The highest BCUT2D eigenvalue weighted by Crippen LogP contribution is 2.24. The van der Waals surface area contributed by atoms with Crippen LogP contribution in [-0.2, 0) is 25.5 Å². The van der Waals surface area contributed by atoms with E-state index in [0.717, 1.165) is 16.9 Å². The molecule has 1 aromatic carbocycles. The number of nitrogens with one attached hydrogen (secondary N) is 2. The first-order chi connectivity index (χ1) is 17.5. The third-order valence-corrected chi connectivity index (χ3v) is 6.11. The Morgan fingerprint density at radius 1 is 1.14 bits per heavy atom. The maximum atomic E-state index is 12.7. The number of rotatable bonds is 14. The maximum Gasteiger partial charge on any atom is 0.257 e. The average Bonchev–Trinajstić information content (AvgIpc) is 3.46. The van der Waals surface area contributed by atoms with Gasteiger partial charge in [-0.3, -0.25) is 14.9 Å². The van der Waals surface area contributed by atoms with E-state index in [0.29, 0.717) is 67.4 Å². The van der Waals surface area contributed by atoms with Gasteiger partial charge in [-0.2, -0.15) is 0 Å². The fourth-order valence-electron chi connectivity index (χ4n) is 3.41. The van der Waals surface area contributed by atoms with Crippen LogP contribution < -0.4 is 10.6 Å². The summed E-state index contributed by atoms with van der Waals surface area (Å²) >= 11 is 1.24. The molecule has 0 aliphatic heterocycles. The van der Waals surface area contributed by atoms with Gasteiger partial charge in [-0.15, -0.1) is 10.2 Å². The molecule has 0 aliphatic rings. The Hall–Kier alpha value is -3.35. The molecule has 11 nitrogen and oxygen atoms in total. The van der Waals surface area contributed by atoms with E-state index >= 15 is 0 Å². The topological polar surface area (TPSA) is 129 Å². The van der Waals surface area contributed by atoms with Gasteiger partial charge in [-0.25, -0.2) is 4.98 Å². The number of carbonyl (C=O) groups is 2. The highest BCUT2D eigenvalue weighted by molar-refractivity contribution is 7.16. The van der Waals surface area contributed by atoms with E-state index < -0.39 is 0 Å². The minimum Gasteiger partial charge on any atom is -0.494 e. The molecule has 36 heavy (non-hydrogen) atoms. The molecule has 2 N–H and O–H groups in total. The largest absolute Gasteiger partial charge is 0.494 e. The molecule has 0 atom stereocenters. The number of amides is 2. The molecule has 2 aromatic heterocycles. The number of hydrogen-bond acceptors (Lipinski definition) is 9. The number of imidazole rings is 1. The molecule has 0 saturated carbocycles. The third-order valence-electron chi connectivity index (χ3n) is 5.26. The molecule has 2 amide bonds. The molecule has 194 valence electrons. The zero-order valence-electron chi connectivity index (χ0n) is 21.0. The lowest BCUT2D eigenvalue weighted by Crippen LogP contribution is -2.26. The molecule has 3 aromatic rings. The lowest BCUT2D eigenvalue weighted by atomic mass is 10.2. The van der Waals surface area contributed by atoms with Crippen LogP contribution in [0.4, 0.5) is 5.13 Å². The number of allylic oxidation sites excluding steroid dienone is 1. The minimum atomic E-state index is -0.288. The van der Waals surface area contributed by atoms with Crippen molar-refractivity contribution in [3.63, 3.8) is 0 Å². The van der Waals surface area contributed by atoms with Gasteiger partial charge < -0.3 is 24.1 Å². The number of anilines is 1. The summed E-state index contributed by atoms with van der Waals surface area (Å²) in [6.07, 6.45) is 2.26. The monoisotopic (exact) mass is 516 g/mol. The number of aryl methyl sites for hydroxylation is 1. The van der Waals surface area contributed by atoms with Crippen molar-refractivity contribution in [2.75, 3.05) is 45.4 Å².